The van der Waals surface area contributed by atoms with Crippen LogP contribution in [0.1, 0.15) is 73.4 Å². The molecule has 4 rings (SSSR count). The molecule has 0 spiro atoms. The number of fused-ring (bicyclic) bond motifs is 1. The van der Waals surface area contributed by atoms with Crippen LogP contribution >= 0.6 is 0 Å². The molecule has 0 radical (unpaired) electrons. The number of rotatable bonds is 8. The van der Waals surface area contributed by atoms with Gasteiger partial charge in [0.15, 0.2) is 0 Å². The van der Waals surface area contributed by atoms with E-state index in [2.05, 4.69) is 10.3 Å². The molecule has 2 amide bonds. The Labute approximate surface area is 212 Å². The van der Waals surface area contributed by atoms with Gasteiger partial charge in [-0.2, -0.15) is 0 Å². The van der Waals surface area contributed by atoms with Crippen molar-refractivity contribution < 1.29 is 14.4 Å². The molecule has 190 valence electrons. The maximum absolute atomic E-state index is 13.4. The van der Waals surface area contributed by atoms with Gasteiger partial charge in [0.05, 0.1) is 5.69 Å². The van der Waals surface area contributed by atoms with Gasteiger partial charge < -0.3 is 16.8 Å². The van der Waals surface area contributed by atoms with Gasteiger partial charge in [-0.15, -0.1) is 0 Å². The highest BCUT2D eigenvalue weighted by Crippen LogP contribution is 2.29. The molecule has 36 heavy (non-hydrogen) atoms. The van der Waals surface area contributed by atoms with Crippen molar-refractivity contribution in [3.8, 4) is 0 Å². The molecule has 0 saturated heterocycles. The number of nitrogens with one attached hydrogen (secondary N) is 1. The summed E-state index contributed by atoms with van der Waals surface area (Å²) >= 11 is 0. The van der Waals surface area contributed by atoms with Crippen molar-refractivity contribution in [2.45, 2.75) is 64.5 Å². The molecule has 8 heteroatoms. The molecule has 0 bridgehead atoms. The minimum Gasteiger partial charge on any atom is -0.399 e. The molecule has 1 saturated carbocycles. The quantitative estimate of drug-likeness (QED) is 0.373. The lowest BCUT2D eigenvalue weighted by atomic mass is 9.95. The number of anilines is 1. The van der Waals surface area contributed by atoms with E-state index in [1.807, 2.05) is 25.1 Å². The summed E-state index contributed by atoms with van der Waals surface area (Å²) in [5.41, 5.74) is 15.9. The number of aliphatic imine (C=N–C) groups is 1. The SMILES string of the molecule is CCCN(OCc1ccc(N)cc1)C(=O)C1=Cc2ccc(C(=O)NC3CCCCC3)cc2N=C(N)C1. The van der Waals surface area contributed by atoms with Crippen molar-refractivity contribution in [3.05, 3.63) is 64.7 Å². The van der Waals surface area contributed by atoms with Crippen LogP contribution in [0.25, 0.3) is 6.08 Å². The molecule has 0 atom stereocenters. The standard InChI is InChI=1S/C28H35N5O3/c1-2-14-33(36-18-19-8-12-23(29)13-9-19)28(35)22-15-20-10-11-21(16-25(20)32-26(30)17-22)27(34)31-24-6-4-3-5-7-24/h8-13,15-16,24H,2-7,14,17-18,29H2,1H3,(H2,30,32)(H,31,34). The molecule has 1 aliphatic heterocycles. The topological polar surface area (TPSA) is 123 Å². The number of nitrogens with zero attached hydrogens (tertiary/aromatic N) is 2. The molecule has 0 unspecified atom stereocenters. The second-order valence-corrected chi connectivity index (χ2v) is 9.45. The van der Waals surface area contributed by atoms with Gasteiger partial charge in [-0.3, -0.25) is 14.4 Å². The van der Waals surface area contributed by atoms with Gasteiger partial charge in [-0.1, -0.05) is 44.4 Å². The van der Waals surface area contributed by atoms with Crippen LogP contribution in [0.3, 0.4) is 0 Å². The van der Waals surface area contributed by atoms with Crippen molar-refractivity contribution >= 4 is 35.1 Å². The highest BCUT2D eigenvalue weighted by molar-refractivity contribution is 6.05. The Bertz CT molecular complexity index is 1150. The Balaban J connectivity index is 1.50. The van der Waals surface area contributed by atoms with Crippen LogP contribution < -0.4 is 16.8 Å². The van der Waals surface area contributed by atoms with Crippen LogP contribution in [0.15, 0.2) is 53.0 Å². The lowest BCUT2D eigenvalue weighted by molar-refractivity contribution is -0.187. The average Bonchev–Trinajstić information content (AvgIpc) is 3.05. The first-order valence-corrected chi connectivity index (χ1v) is 12.7. The first-order chi connectivity index (χ1) is 17.4. The number of hydroxylamine groups is 2. The number of benzene rings is 2. The number of nitrogens with two attached hydrogens (primary N) is 2. The molecule has 1 heterocycles. The number of hydrogen-bond donors (Lipinski definition) is 3. The van der Waals surface area contributed by atoms with E-state index < -0.39 is 0 Å². The average molecular weight is 490 g/mol. The molecule has 5 N–H and O–H groups in total. The summed E-state index contributed by atoms with van der Waals surface area (Å²) in [6.45, 7) is 2.67. The van der Waals surface area contributed by atoms with Gasteiger partial charge in [0.25, 0.3) is 11.8 Å². The maximum Gasteiger partial charge on any atom is 0.273 e. The third-order valence-electron chi connectivity index (χ3n) is 6.49. The summed E-state index contributed by atoms with van der Waals surface area (Å²) in [7, 11) is 0. The zero-order chi connectivity index (χ0) is 25.5. The third kappa shape index (κ3) is 6.51. The summed E-state index contributed by atoms with van der Waals surface area (Å²) in [4.78, 5) is 36.6. The summed E-state index contributed by atoms with van der Waals surface area (Å²) in [5, 5.41) is 4.52. The fraction of sp³-hybridized carbons (Fsp3) is 0.393. The molecular weight excluding hydrogens is 454 g/mol. The normalized spacial score (nSPS) is 15.8. The number of carbonyl (C=O) groups excluding carboxylic acids is 2. The molecule has 0 aromatic heterocycles. The van der Waals surface area contributed by atoms with Gasteiger partial charge in [0.1, 0.15) is 12.4 Å². The van der Waals surface area contributed by atoms with E-state index in [9.17, 15) is 9.59 Å². The lowest BCUT2D eigenvalue weighted by Gasteiger charge is -2.23. The number of amidine groups is 1. The number of amides is 2. The Hall–Kier alpha value is -3.65. The fourth-order valence-electron chi connectivity index (χ4n) is 4.54. The zero-order valence-corrected chi connectivity index (χ0v) is 20.8. The van der Waals surface area contributed by atoms with E-state index in [0.717, 1.165) is 43.2 Å². The van der Waals surface area contributed by atoms with E-state index in [0.29, 0.717) is 34.9 Å². The van der Waals surface area contributed by atoms with Crippen LogP contribution in [-0.4, -0.2) is 35.3 Å². The number of carbonyl (C=O) groups is 2. The summed E-state index contributed by atoms with van der Waals surface area (Å²) in [6, 6.07) is 12.9. The van der Waals surface area contributed by atoms with Crippen LogP contribution in [0.5, 0.6) is 0 Å². The third-order valence-corrected chi connectivity index (χ3v) is 6.49. The van der Waals surface area contributed by atoms with Gasteiger partial charge in [0, 0.05) is 41.4 Å². The summed E-state index contributed by atoms with van der Waals surface area (Å²) in [6.07, 6.45) is 8.29. The van der Waals surface area contributed by atoms with E-state index in [-0.39, 0.29) is 30.9 Å². The monoisotopic (exact) mass is 489 g/mol. The number of hydrogen-bond acceptors (Lipinski definition) is 6. The molecule has 1 fully saturated rings. The highest BCUT2D eigenvalue weighted by Gasteiger charge is 2.23. The van der Waals surface area contributed by atoms with E-state index in [1.165, 1.54) is 11.5 Å². The first kappa shape index (κ1) is 25.4. The van der Waals surface area contributed by atoms with Crippen molar-refractivity contribution in [2.24, 2.45) is 10.7 Å². The molecular formula is C28H35N5O3. The highest BCUT2D eigenvalue weighted by atomic mass is 16.7. The van der Waals surface area contributed by atoms with Crippen molar-refractivity contribution in [2.75, 3.05) is 12.3 Å². The van der Waals surface area contributed by atoms with Crippen LogP contribution in [0.4, 0.5) is 11.4 Å². The predicted molar refractivity (Wildman–Crippen MR) is 142 cm³/mol. The van der Waals surface area contributed by atoms with E-state index in [1.54, 1.807) is 30.3 Å². The largest absolute Gasteiger partial charge is 0.399 e. The van der Waals surface area contributed by atoms with Gasteiger partial charge in [0.2, 0.25) is 0 Å². The fourth-order valence-corrected chi connectivity index (χ4v) is 4.54. The minimum atomic E-state index is -0.252. The molecule has 2 aliphatic rings. The van der Waals surface area contributed by atoms with E-state index >= 15 is 0 Å². The maximum atomic E-state index is 13.4. The molecule has 2 aromatic rings. The van der Waals surface area contributed by atoms with Gasteiger partial charge in [-0.25, -0.2) is 10.1 Å². The zero-order valence-electron chi connectivity index (χ0n) is 20.8. The summed E-state index contributed by atoms with van der Waals surface area (Å²) < 4.78 is 0. The minimum absolute atomic E-state index is 0.104. The van der Waals surface area contributed by atoms with Gasteiger partial charge in [-0.05, 0) is 55.2 Å². The van der Waals surface area contributed by atoms with Crippen LogP contribution in [0, 0.1) is 0 Å². The van der Waals surface area contributed by atoms with Crippen molar-refractivity contribution in [1.29, 1.82) is 0 Å². The van der Waals surface area contributed by atoms with Crippen LogP contribution in [-0.2, 0) is 16.2 Å². The van der Waals surface area contributed by atoms with Crippen molar-refractivity contribution in [1.82, 2.24) is 10.4 Å². The lowest BCUT2D eigenvalue weighted by Crippen LogP contribution is -2.36. The molecule has 8 nitrogen and oxygen atoms in total. The number of nitrogen functional groups attached to an aromatic ring is 1. The Morgan fingerprint density at radius 2 is 1.83 bits per heavy atom. The second-order valence-electron chi connectivity index (χ2n) is 9.45. The molecule has 2 aromatic carbocycles. The Morgan fingerprint density at radius 3 is 2.56 bits per heavy atom. The van der Waals surface area contributed by atoms with Gasteiger partial charge >= 0.3 is 0 Å². The smallest absolute Gasteiger partial charge is 0.273 e. The Morgan fingerprint density at radius 1 is 1.08 bits per heavy atom. The van der Waals surface area contributed by atoms with E-state index in [4.69, 9.17) is 16.3 Å². The summed E-state index contributed by atoms with van der Waals surface area (Å²) in [5.74, 6) is -0.0428. The molecule has 1 aliphatic carbocycles. The van der Waals surface area contributed by atoms with Crippen molar-refractivity contribution in [3.63, 3.8) is 0 Å². The first-order valence-electron chi connectivity index (χ1n) is 12.7. The van der Waals surface area contributed by atoms with Crippen LogP contribution in [0.2, 0.25) is 0 Å². The second kappa shape index (κ2) is 11.9. The Kier molecular flexibility index (Phi) is 8.38. The predicted octanol–water partition coefficient (Wildman–Crippen LogP) is 4.48.